The number of halogens is 2. The largest absolute Gasteiger partial charge is 0.497 e. The van der Waals surface area contributed by atoms with Crippen LogP contribution in [0.5, 0.6) is 5.75 Å². The summed E-state index contributed by atoms with van der Waals surface area (Å²) < 4.78 is 47.3. The van der Waals surface area contributed by atoms with Gasteiger partial charge < -0.3 is 15.0 Å². The van der Waals surface area contributed by atoms with Crippen LogP contribution in [0.25, 0.3) is 0 Å². The summed E-state index contributed by atoms with van der Waals surface area (Å²) in [5.41, 5.74) is 0.751. The molecule has 0 fully saturated rings. The fourth-order valence-corrected chi connectivity index (χ4v) is 5.45. The molecule has 0 unspecified atom stereocenters. The molecule has 40 heavy (non-hydrogen) atoms. The average Bonchev–Trinajstić information content (AvgIpc) is 2.93. The number of nitrogens with zero attached hydrogens (tertiary/aromatic N) is 2. The maximum atomic E-state index is 13.9. The van der Waals surface area contributed by atoms with Gasteiger partial charge in [-0.15, -0.1) is 0 Å². The molecule has 3 rings (SSSR count). The molecular formula is C29H33ClFN3O5S. The van der Waals surface area contributed by atoms with Crippen molar-refractivity contribution in [3.05, 3.63) is 89.2 Å². The van der Waals surface area contributed by atoms with E-state index in [0.717, 1.165) is 4.31 Å². The summed E-state index contributed by atoms with van der Waals surface area (Å²) in [6, 6.07) is 16.5. The fourth-order valence-electron chi connectivity index (χ4n) is 3.86. The Kier molecular flexibility index (Phi) is 10.5. The van der Waals surface area contributed by atoms with Gasteiger partial charge in [0.15, 0.2) is 0 Å². The molecule has 0 bridgehead atoms. The Labute approximate surface area is 239 Å². The first kappa shape index (κ1) is 30.9. The van der Waals surface area contributed by atoms with E-state index >= 15 is 0 Å². The molecule has 0 saturated heterocycles. The topological polar surface area (TPSA) is 96.0 Å². The first-order chi connectivity index (χ1) is 18.9. The highest BCUT2D eigenvalue weighted by atomic mass is 35.5. The lowest BCUT2D eigenvalue weighted by Crippen LogP contribution is -2.51. The molecule has 0 radical (unpaired) electrons. The number of nitrogens with one attached hydrogen (secondary N) is 1. The third-order valence-electron chi connectivity index (χ3n) is 6.14. The smallest absolute Gasteiger partial charge is 0.264 e. The van der Waals surface area contributed by atoms with E-state index in [9.17, 15) is 22.4 Å². The molecule has 0 heterocycles. The first-order valence-electron chi connectivity index (χ1n) is 12.7. The second-order valence-corrected chi connectivity index (χ2v) is 11.9. The molecule has 3 aromatic carbocycles. The van der Waals surface area contributed by atoms with Crippen LogP contribution < -0.4 is 14.4 Å². The monoisotopic (exact) mass is 589 g/mol. The summed E-state index contributed by atoms with van der Waals surface area (Å²) in [6.45, 7) is 5.21. The normalized spacial score (nSPS) is 12.1. The Morgan fingerprint density at radius 2 is 1.65 bits per heavy atom. The van der Waals surface area contributed by atoms with E-state index < -0.39 is 40.2 Å². The molecule has 0 saturated carbocycles. The van der Waals surface area contributed by atoms with Crippen LogP contribution in [0, 0.1) is 11.7 Å². The number of sulfonamides is 1. The molecule has 11 heteroatoms. The Hall–Kier alpha value is -3.63. The number of anilines is 1. The summed E-state index contributed by atoms with van der Waals surface area (Å²) in [7, 11) is -2.78. The lowest BCUT2D eigenvalue weighted by atomic mass is 10.1. The van der Waals surface area contributed by atoms with E-state index in [-0.39, 0.29) is 28.1 Å². The molecule has 1 atom stereocenters. The van der Waals surface area contributed by atoms with Crippen LogP contribution in [0.3, 0.4) is 0 Å². The van der Waals surface area contributed by atoms with E-state index in [1.165, 1.54) is 72.7 Å². The van der Waals surface area contributed by atoms with Crippen LogP contribution in [-0.4, -0.2) is 51.4 Å². The number of methoxy groups -OCH3 is 1. The molecule has 0 aliphatic carbocycles. The average molecular weight is 590 g/mol. The highest BCUT2D eigenvalue weighted by Crippen LogP contribution is 2.28. The van der Waals surface area contributed by atoms with Crippen LogP contribution >= 0.6 is 11.6 Å². The van der Waals surface area contributed by atoms with Gasteiger partial charge in [0.05, 0.1) is 17.7 Å². The predicted octanol–water partition coefficient (Wildman–Crippen LogP) is 4.87. The maximum absolute atomic E-state index is 13.9. The van der Waals surface area contributed by atoms with Crippen molar-refractivity contribution in [1.29, 1.82) is 0 Å². The summed E-state index contributed by atoms with van der Waals surface area (Å²) in [5.74, 6) is -0.812. The van der Waals surface area contributed by atoms with Gasteiger partial charge >= 0.3 is 0 Å². The zero-order chi connectivity index (χ0) is 29.4. The standard InChI is InChI=1S/C29H33ClFN3O5S/c1-20(2)17-32-29(36)21(3)33(18-22-8-10-24(31)11-9-22)28(35)19-34(25-7-5-6-23(30)16-25)40(37,38)27-14-12-26(39-4)13-15-27/h5-16,20-21H,17-19H2,1-4H3,(H,32,36)/t21-/m0/s1. The van der Waals surface area contributed by atoms with Crippen LogP contribution in [0.15, 0.2) is 77.7 Å². The molecule has 0 spiro atoms. The summed E-state index contributed by atoms with van der Waals surface area (Å²) >= 11 is 6.18. The van der Waals surface area contributed by atoms with Crippen molar-refractivity contribution in [3.8, 4) is 5.75 Å². The second kappa shape index (κ2) is 13.6. The van der Waals surface area contributed by atoms with E-state index in [0.29, 0.717) is 17.9 Å². The van der Waals surface area contributed by atoms with Crippen molar-refractivity contribution in [2.24, 2.45) is 5.92 Å². The minimum atomic E-state index is -4.25. The number of hydrogen-bond donors (Lipinski definition) is 1. The zero-order valence-corrected chi connectivity index (χ0v) is 24.4. The SMILES string of the molecule is COc1ccc(S(=O)(=O)N(CC(=O)N(Cc2ccc(F)cc2)[C@@H](C)C(=O)NCC(C)C)c2cccc(Cl)c2)cc1. The van der Waals surface area contributed by atoms with Crippen molar-refractivity contribution < 1.29 is 27.1 Å². The van der Waals surface area contributed by atoms with Gasteiger partial charge in [0.25, 0.3) is 10.0 Å². The van der Waals surface area contributed by atoms with E-state index in [1.54, 1.807) is 19.1 Å². The fraction of sp³-hybridized carbons (Fsp3) is 0.310. The number of rotatable bonds is 12. The number of hydrogen-bond acceptors (Lipinski definition) is 5. The zero-order valence-electron chi connectivity index (χ0n) is 22.8. The second-order valence-electron chi connectivity index (χ2n) is 9.63. The van der Waals surface area contributed by atoms with E-state index in [2.05, 4.69) is 5.32 Å². The molecule has 0 aliphatic rings. The van der Waals surface area contributed by atoms with Gasteiger partial charge in [-0.2, -0.15) is 0 Å². The molecule has 1 N–H and O–H groups in total. The summed E-state index contributed by atoms with van der Waals surface area (Å²) in [5, 5.41) is 3.10. The maximum Gasteiger partial charge on any atom is 0.264 e. The molecule has 2 amide bonds. The van der Waals surface area contributed by atoms with Gasteiger partial charge in [-0.3, -0.25) is 13.9 Å². The van der Waals surface area contributed by atoms with Gasteiger partial charge in [-0.1, -0.05) is 43.6 Å². The Morgan fingerprint density at radius 1 is 1.00 bits per heavy atom. The molecule has 214 valence electrons. The van der Waals surface area contributed by atoms with Gasteiger partial charge in [0.2, 0.25) is 11.8 Å². The third kappa shape index (κ3) is 7.95. The number of amides is 2. The lowest BCUT2D eigenvalue weighted by Gasteiger charge is -2.32. The van der Waals surface area contributed by atoms with Crippen molar-refractivity contribution >= 4 is 39.1 Å². The van der Waals surface area contributed by atoms with Crippen molar-refractivity contribution in [2.45, 2.75) is 38.3 Å². The van der Waals surface area contributed by atoms with Crippen LogP contribution in [0.1, 0.15) is 26.3 Å². The van der Waals surface area contributed by atoms with E-state index in [4.69, 9.17) is 16.3 Å². The van der Waals surface area contributed by atoms with Crippen LogP contribution in [0.2, 0.25) is 5.02 Å². The summed E-state index contributed by atoms with van der Waals surface area (Å²) in [4.78, 5) is 28.1. The summed E-state index contributed by atoms with van der Waals surface area (Å²) in [6.07, 6.45) is 0. The van der Waals surface area contributed by atoms with Crippen LogP contribution in [-0.2, 0) is 26.2 Å². The Balaban J connectivity index is 2.01. The van der Waals surface area contributed by atoms with Gasteiger partial charge in [-0.05, 0) is 73.0 Å². The first-order valence-corrected chi connectivity index (χ1v) is 14.5. The minimum absolute atomic E-state index is 0.0403. The van der Waals surface area contributed by atoms with E-state index in [1.807, 2.05) is 13.8 Å². The number of ether oxygens (including phenoxy) is 1. The van der Waals surface area contributed by atoms with Gasteiger partial charge in [-0.25, -0.2) is 12.8 Å². The quantitative estimate of drug-likeness (QED) is 0.325. The molecule has 8 nitrogen and oxygen atoms in total. The van der Waals surface area contributed by atoms with Crippen molar-refractivity contribution in [1.82, 2.24) is 10.2 Å². The minimum Gasteiger partial charge on any atom is -0.497 e. The van der Waals surface area contributed by atoms with Crippen molar-refractivity contribution in [2.75, 3.05) is 24.5 Å². The molecule has 3 aromatic rings. The predicted molar refractivity (Wildman–Crippen MR) is 153 cm³/mol. The number of carbonyl (C=O) groups is 2. The Bertz CT molecular complexity index is 1420. The highest BCUT2D eigenvalue weighted by molar-refractivity contribution is 7.92. The number of carbonyl (C=O) groups excluding carboxylic acids is 2. The molecular weight excluding hydrogens is 557 g/mol. The third-order valence-corrected chi connectivity index (χ3v) is 8.16. The molecule has 0 aromatic heterocycles. The Morgan fingerprint density at radius 3 is 2.23 bits per heavy atom. The number of benzene rings is 3. The molecule has 0 aliphatic heterocycles. The highest BCUT2D eigenvalue weighted by Gasteiger charge is 2.32. The van der Waals surface area contributed by atoms with Crippen molar-refractivity contribution in [3.63, 3.8) is 0 Å². The lowest BCUT2D eigenvalue weighted by molar-refractivity contribution is -0.139. The van der Waals surface area contributed by atoms with Crippen LogP contribution in [0.4, 0.5) is 10.1 Å². The van der Waals surface area contributed by atoms with Gasteiger partial charge in [0.1, 0.15) is 24.2 Å². The van der Waals surface area contributed by atoms with Gasteiger partial charge in [0, 0.05) is 18.1 Å².